The quantitative estimate of drug-likeness (QED) is 0.540. The molecule has 2 atom stereocenters. The van der Waals surface area contributed by atoms with E-state index in [9.17, 15) is 9.50 Å². The van der Waals surface area contributed by atoms with E-state index in [1.165, 1.54) is 6.07 Å². The van der Waals surface area contributed by atoms with Crippen molar-refractivity contribution in [1.29, 1.82) is 0 Å². The zero-order valence-corrected chi connectivity index (χ0v) is 15.1. The number of aliphatic hydroxyl groups excluding tert-OH is 1. The first kappa shape index (κ1) is 19.2. The molecule has 0 aromatic heterocycles. The third-order valence-corrected chi connectivity index (χ3v) is 4.10. The number of aliphatic imine (C=N–C) groups is 1. The maximum absolute atomic E-state index is 13.7. The van der Waals surface area contributed by atoms with Crippen LogP contribution in [0.2, 0.25) is 5.02 Å². The number of benzene rings is 2. The first-order valence-corrected chi connectivity index (χ1v) is 8.62. The molecular formula is C19H23ClFN3O. The lowest BCUT2D eigenvalue weighted by atomic mass is 10.1. The largest absolute Gasteiger partial charge is 0.386 e. The van der Waals surface area contributed by atoms with Crippen LogP contribution in [0.4, 0.5) is 4.39 Å². The van der Waals surface area contributed by atoms with Crippen molar-refractivity contribution in [2.75, 3.05) is 13.1 Å². The summed E-state index contributed by atoms with van der Waals surface area (Å²) in [5, 5.41) is 17.2. The van der Waals surface area contributed by atoms with Crippen molar-refractivity contribution in [3.8, 4) is 0 Å². The fraction of sp³-hybridized carbons (Fsp3) is 0.316. The van der Waals surface area contributed by atoms with Crippen molar-refractivity contribution in [1.82, 2.24) is 10.6 Å². The average Bonchev–Trinajstić information content (AvgIpc) is 2.60. The van der Waals surface area contributed by atoms with Crippen LogP contribution in [0.15, 0.2) is 53.5 Å². The van der Waals surface area contributed by atoms with Gasteiger partial charge < -0.3 is 15.7 Å². The Bertz CT molecular complexity index is 723. The highest BCUT2D eigenvalue weighted by molar-refractivity contribution is 6.31. The molecule has 0 amide bonds. The van der Waals surface area contributed by atoms with E-state index in [-0.39, 0.29) is 18.2 Å². The summed E-state index contributed by atoms with van der Waals surface area (Å²) in [4.78, 5) is 4.36. The van der Waals surface area contributed by atoms with Gasteiger partial charge in [-0.15, -0.1) is 0 Å². The van der Waals surface area contributed by atoms with Crippen molar-refractivity contribution >= 4 is 17.6 Å². The summed E-state index contributed by atoms with van der Waals surface area (Å²) in [7, 11) is 0. The molecule has 0 aliphatic carbocycles. The minimum absolute atomic E-state index is 0.0471. The maximum Gasteiger partial charge on any atom is 0.191 e. The lowest BCUT2D eigenvalue weighted by Crippen LogP contribution is -2.39. The molecule has 134 valence electrons. The first-order chi connectivity index (χ1) is 12.0. The Morgan fingerprint density at radius 3 is 2.44 bits per heavy atom. The van der Waals surface area contributed by atoms with Crippen LogP contribution in [0.5, 0.6) is 0 Å². The van der Waals surface area contributed by atoms with Gasteiger partial charge in [-0.05, 0) is 31.5 Å². The number of guanidine groups is 1. The van der Waals surface area contributed by atoms with Crippen LogP contribution < -0.4 is 10.6 Å². The van der Waals surface area contributed by atoms with Crippen molar-refractivity contribution in [2.45, 2.75) is 26.0 Å². The van der Waals surface area contributed by atoms with Crippen LogP contribution in [0.3, 0.4) is 0 Å². The number of nitrogens with one attached hydrogen (secondary N) is 2. The molecule has 3 N–H and O–H groups in total. The standard InChI is InChI=1S/C19H23ClFN3O/c1-3-22-19(24-13(2)14-8-4-6-10-16(14)20)23-12-18(25)15-9-5-7-11-17(15)21/h4-11,13,18,25H,3,12H2,1-2H3,(H2,22,23,24). The summed E-state index contributed by atoms with van der Waals surface area (Å²) in [5.74, 6) is 0.0953. The molecule has 0 aliphatic rings. The van der Waals surface area contributed by atoms with Crippen molar-refractivity contribution in [2.24, 2.45) is 4.99 Å². The third kappa shape index (κ3) is 5.44. The van der Waals surface area contributed by atoms with E-state index < -0.39 is 11.9 Å². The van der Waals surface area contributed by atoms with Gasteiger partial charge in [0.15, 0.2) is 5.96 Å². The van der Waals surface area contributed by atoms with Crippen molar-refractivity contribution < 1.29 is 9.50 Å². The minimum atomic E-state index is -1.01. The Morgan fingerprint density at radius 1 is 1.16 bits per heavy atom. The molecule has 0 heterocycles. The zero-order valence-electron chi connectivity index (χ0n) is 14.3. The number of rotatable bonds is 6. The fourth-order valence-electron chi connectivity index (χ4n) is 2.45. The van der Waals surface area contributed by atoms with Crippen LogP contribution in [0, 0.1) is 5.82 Å². The Hall–Kier alpha value is -2.11. The highest BCUT2D eigenvalue weighted by atomic mass is 35.5. The van der Waals surface area contributed by atoms with E-state index in [4.69, 9.17) is 11.6 Å². The summed E-state index contributed by atoms with van der Waals surface area (Å²) < 4.78 is 13.7. The van der Waals surface area contributed by atoms with E-state index >= 15 is 0 Å². The van der Waals surface area contributed by atoms with Gasteiger partial charge in [0.25, 0.3) is 0 Å². The van der Waals surface area contributed by atoms with E-state index in [0.29, 0.717) is 17.5 Å². The molecule has 2 unspecified atom stereocenters. The molecule has 6 heteroatoms. The molecule has 2 rings (SSSR count). The van der Waals surface area contributed by atoms with Crippen LogP contribution in [-0.2, 0) is 0 Å². The Balaban J connectivity index is 2.08. The van der Waals surface area contributed by atoms with Gasteiger partial charge in [-0.25, -0.2) is 4.39 Å². The Labute approximate surface area is 152 Å². The number of halogens is 2. The summed E-state index contributed by atoms with van der Waals surface area (Å²) >= 11 is 6.22. The molecule has 4 nitrogen and oxygen atoms in total. The second-order valence-corrected chi connectivity index (χ2v) is 6.05. The number of nitrogens with zero attached hydrogens (tertiary/aromatic N) is 1. The van der Waals surface area contributed by atoms with Crippen LogP contribution in [0.25, 0.3) is 0 Å². The van der Waals surface area contributed by atoms with Crippen LogP contribution in [0.1, 0.15) is 37.1 Å². The van der Waals surface area contributed by atoms with Gasteiger partial charge in [-0.2, -0.15) is 0 Å². The predicted octanol–water partition coefficient (Wildman–Crippen LogP) is 3.83. The molecule has 0 aliphatic heterocycles. The summed E-state index contributed by atoms with van der Waals surface area (Å²) in [6.07, 6.45) is -1.01. The van der Waals surface area contributed by atoms with Crippen LogP contribution in [-0.4, -0.2) is 24.2 Å². The van der Waals surface area contributed by atoms with Crippen molar-refractivity contribution in [3.05, 3.63) is 70.5 Å². The molecule has 0 radical (unpaired) electrons. The fourth-order valence-corrected chi connectivity index (χ4v) is 2.75. The Morgan fingerprint density at radius 2 is 1.80 bits per heavy atom. The predicted molar refractivity (Wildman–Crippen MR) is 100 cm³/mol. The van der Waals surface area contributed by atoms with Crippen LogP contribution >= 0.6 is 11.6 Å². The monoisotopic (exact) mass is 363 g/mol. The summed E-state index contributed by atoms with van der Waals surface area (Å²) in [5.41, 5.74) is 1.19. The zero-order chi connectivity index (χ0) is 18.2. The van der Waals surface area contributed by atoms with Gasteiger partial charge in [0.2, 0.25) is 0 Å². The van der Waals surface area contributed by atoms with Crippen molar-refractivity contribution in [3.63, 3.8) is 0 Å². The van der Waals surface area contributed by atoms with Gasteiger partial charge >= 0.3 is 0 Å². The SMILES string of the molecule is CCNC(=NCC(O)c1ccccc1F)NC(C)c1ccccc1Cl. The molecule has 0 spiro atoms. The Kier molecular flexibility index (Phi) is 7.22. The lowest BCUT2D eigenvalue weighted by molar-refractivity contribution is 0.182. The second kappa shape index (κ2) is 9.39. The second-order valence-electron chi connectivity index (χ2n) is 5.64. The molecule has 2 aromatic rings. The molecule has 0 saturated carbocycles. The normalized spacial score (nSPS) is 14.0. The molecular weight excluding hydrogens is 341 g/mol. The topological polar surface area (TPSA) is 56.7 Å². The van der Waals surface area contributed by atoms with E-state index in [0.717, 1.165) is 5.56 Å². The van der Waals surface area contributed by atoms with E-state index in [2.05, 4.69) is 15.6 Å². The maximum atomic E-state index is 13.7. The first-order valence-electron chi connectivity index (χ1n) is 8.24. The molecule has 2 aromatic carbocycles. The lowest BCUT2D eigenvalue weighted by Gasteiger charge is -2.19. The minimum Gasteiger partial charge on any atom is -0.386 e. The number of hydrogen-bond donors (Lipinski definition) is 3. The van der Waals surface area contributed by atoms with Gasteiger partial charge in [-0.1, -0.05) is 48.0 Å². The van der Waals surface area contributed by atoms with E-state index in [1.807, 2.05) is 38.1 Å². The molecule has 0 fully saturated rings. The highest BCUT2D eigenvalue weighted by Crippen LogP contribution is 2.22. The number of aliphatic hydroxyl groups is 1. The smallest absolute Gasteiger partial charge is 0.191 e. The van der Waals surface area contributed by atoms with Gasteiger partial charge in [0, 0.05) is 17.1 Å². The summed E-state index contributed by atoms with van der Waals surface area (Å²) in [6, 6.07) is 13.7. The third-order valence-electron chi connectivity index (χ3n) is 3.76. The summed E-state index contributed by atoms with van der Waals surface area (Å²) in [6.45, 7) is 4.63. The number of hydrogen-bond acceptors (Lipinski definition) is 2. The highest BCUT2D eigenvalue weighted by Gasteiger charge is 2.14. The molecule has 25 heavy (non-hydrogen) atoms. The average molecular weight is 364 g/mol. The molecule has 0 bridgehead atoms. The van der Waals surface area contributed by atoms with Gasteiger partial charge in [0.05, 0.1) is 12.6 Å². The van der Waals surface area contributed by atoms with E-state index in [1.54, 1.807) is 18.2 Å². The van der Waals surface area contributed by atoms with Gasteiger partial charge in [-0.3, -0.25) is 4.99 Å². The molecule has 0 saturated heterocycles. The van der Waals surface area contributed by atoms with Gasteiger partial charge in [0.1, 0.15) is 11.9 Å².